The molecule has 0 aromatic rings. The van der Waals surface area contributed by atoms with E-state index in [1.165, 1.54) is 19.3 Å². The number of nitrogens with zero attached hydrogens (tertiary/aromatic N) is 1. The first-order valence-electron chi connectivity index (χ1n) is 6.84. The molecule has 3 rings (SSSR count). The van der Waals surface area contributed by atoms with Gasteiger partial charge in [-0.1, -0.05) is 6.42 Å². The van der Waals surface area contributed by atoms with Gasteiger partial charge in [-0.15, -0.1) is 0 Å². The fourth-order valence-corrected chi connectivity index (χ4v) is 3.78. The Bertz CT molecular complexity index is 308. The molecule has 1 saturated carbocycles. The van der Waals surface area contributed by atoms with Gasteiger partial charge in [0.05, 0.1) is 12.1 Å². The van der Waals surface area contributed by atoms with Crippen molar-refractivity contribution in [1.29, 1.82) is 0 Å². The molecule has 0 aromatic heterocycles. The van der Waals surface area contributed by atoms with Gasteiger partial charge in [0.15, 0.2) is 0 Å². The lowest BCUT2D eigenvalue weighted by molar-refractivity contribution is -0.133. The first-order chi connectivity index (χ1) is 8.29. The molecular formula is C13H22N2O2. The van der Waals surface area contributed by atoms with Gasteiger partial charge in [0.2, 0.25) is 5.91 Å². The van der Waals surface area contributed by atoms with Crippen molar-refractivity contribution in [3.8, 4) is 0 Å². The summed E-state index contributed by atoms with van der Waals surface area (Å²) in [6.45, 7) is 2.69. The Balaban J connectivity index is 1.63. The van der Waals surface area contributed by atoms with E-state index in [1.807, 2.05) is 4.90 Å². The van der Waals surface area contributed by atoms with Gasteiger partial charge in [0, 0.05) is 20.2 Å². The molecule has 2 saturated heterocycles. The zero-order chi connectivity index (χ0) is 11.8. The van der Waals surface area contributed by atoms with Crippen LogP contribution < -0.4 is 5.32 Å². The Morgan fingerprint density at radius 2 is 2.24 bits per heavy atom. The Kier molecular flexibility index (Phi) is 3.09. The lowest BCUT2D eigenvalue weighted by Gasteiger charge is -2.24. The Morgan fingerprint density at radius 1 is 1.35 bits per heavy atom. The molecule has 0 aromatic carbocycles. The number of carbonyl (C=O) groups is 1. The Hall–Kier alpha value is -0.610. The van der Waals surface area contributed by atoms with E-state index in [-0.39, 0.29) is 12.1 Å². The summed E-state index contributed by atoms with van der Waals surface area (Å²) in [6, 6.07) is 0.0955. The fourth-order valence-electron chi connectivity index (χ4n) is 3.78. The molecule has 3 aliphatic rings. The number of nitrogens with one attached hydrogen (secondary N) is 1. The summed E-state index contributed by atoms with van der Waals surface area (Å²) in [5.74, 6) is 1.67. The van der Waals surface area contributed by atoms with Crippen LogP contribution in [-0.2, 0) is 9.53 Å². The van der Waals surface area contributed by atoms with E-state index in [0.717, 1.165) is 32.0 Å². The van der Waals surface area contributed by atoms with Crippen molar-refractivity contribution < 1.29 is 9.53 Å². The highest BCUT2D eigenvalue weighted by Gasteiger charge is 2.44. The van der Waals surface area contributed by atoms with Gasteiger partial charge < -0.3 is 15.0 Å². The SMILES string of the molecule is COC1CCN(C(=O)C2NCC3CCCC32)C1. The molecule has 4 atom stereocenters. The van der Waals surface area contributed by atoms with Gasteiger partial charge in [-0.3, -0.25) is 4.79 Å². The number of carbonyl (C=O) groups excluding carboxylic acids is 1. The number of hydrogen-bond donors (Lipinski definition) is 1. The third-order valence-corrected chi connectivity index (χ3v) is 4.80. The second-order valence-electron chi connectivity index (χ2n) is 5.67. The number of ether oxygens (including phenoxy) is 1. The molecule has 4 nitrogen and oxygen atoms in total. The Labute approximate surface area is 103 Å². The summed E-state index contributed by atoms with van der Waals surface area (Å²) in [6.07, 6.45) is 5.09. The second-order valence-corrected chi connectivity index (χ2v) is 5.67. The highest BCUT2D eigenvalue weighted by molar-refractivity contribution is 5.83. The van der Waals surface area contributed by atoms with Crippen molar-refractivity contribution in [2.75, 3.05) is 26.7 Å². The van der Waals surface area contributed by atoms with Crippen molar-refractivity contribution in [3.63, 3.8) is 0 Å². The molecule has 0 spiro atoms. The average Bonchev–Trinajstić information content (AvgIpc) is 3.04. The molecule has 3 fully saturated rings. The highest BCUT2D eigenvalue weighted by Crippen LogP contribution is 2.38. The van der Waals surface area contributed by atoms with Crippen LogP contribution in [0, 0.1) is 11.8 Å². The molecule has 2 aliphatic heterocycles. The molecular weight excluding hydrogens is 216 g/mol. The third kappa shape index (κ3) is 1.97. The zero-order valence-corrected chi connectivity index (χ0v) is 10.5. The maximum atomic E-state index is 12.5. The van der Waals surface area contributed by atoms with Crippen LogP contribution in [0.15, 0.2) is 0 Å². The van der Waals surface area contributed by atoms with E-state index in [2.05, 4.69) is 5.32 Å². The fraction of sp³-hybridized carbons (Fsp3) is 0.923. The third-order valence-electron chi connectivity index (χ3n) is 4.80. The predicted molar refractivity (Wildman–Crippen MR) is 64.6 cm³/mol. The molecule has 1 aliphatic carbocycles. The number of hydrogen-bond acceptors (Lipinski definition) is 3. The second kappa shape index (κ2) is 4.58. The van der Waals surface area contributed by atoms with E-state index in [1.54, 1.807) is 7.11 Å². The minimum absolute atomic E-state index is 0.0955. The van der Waals surface area contributed by atoms with Gasteiger partial charge >= 0.3 is 0 Å². The first-order valence-corrected chi connectivity index (χ1v) is 6.84. The molecule has 2 heterocycles. The van der Waals surface area contributed by atoms with Crippen LogP contribution in [-0.4, -0.2) is 49.7 Å². The lowest BCUT2D eigenvalue weighted by atomic mass is 9.93. The van der Waals surface area contributed by atoms with Gasteiger partial charge in [0.1, 0.15) is 0 Å². The average molecular weight is 238 g/mol. The molecule has 1 N–H and O–H groups in total. The largest absolute Gasteiger partial charge is 0.380 e. The van der Waals surface area contributed by atoms with Crippen molar-refractivity contribution in [2.24, 2.45) is 11.8 Å². The van der Waals surface area contributed by atoms with Crippen LogP contribution >= 0.6 is 0 Å². The molecule has 4 heteroatoms. The summed E-state index contributed by atoms with van der Waals surface area (Å²) >= 11 is 0. The smallest absolute Gasteiger partial charge is 0.240 e. The number of amides is 1. The molecule has 0 radical (unpaired) electrons. The maximum Gasteiger partial charge on any atom is 0.240 e. The standard InChI is InChI=1S/C13H22N2O2/c1-17-10-5-6-15(8-10)13(16)12-11-4-2-3-9(11)7-14-12/h9-12,14H,2-8H2,1H3. The van der Waals surface area contributed by atoms with Gasteiger partial charge in [-0.25, -0.2) is 0 Å². The molecule has 1 amide bonds. The summed E-state index contributed by atoms with van der Waals surface area (Å²) in [5.41, 5.74) is 0. The van der Waals surface area contributed by atoms with Crippen LogP contribution in [0.1, 0.15) is 25.7 Å². The first kappa shape index (κ1) is 11.5. The van der Waals surface area contributed by atoms with Crippen LogP contribution in [0.3, 0.4) is 0 Å². The lowest BCUT2D eigenvalue weighted by Crippen LogP contribution is -2.45. The molecule has 17 heavy (non-hydrogen) atoms. The number of likely N-dealkylation sites (tertiary alicyclic amines) is 1. The van der Waals surface area contributed by atoms with Crippen LogP contribution in [0.5, 0.6) is 0 Å². The number of rotatable bonds is 2. The monoisotopic (exact) mass is 238 g/mol. The summed E-state index contributed by atoms with van der Waals surface area (Å²) in [7, 11) is 1.74. The van der Waals surface area contributed by atoms with E-state index in [0.29, 0.717) is 11.8 Å². The van der Waals surface area contributed by atoms with Crippen LogP contribution in [0.2, 0.25) is 0 Å². The van der Waals surface area contributed by atoms with Crippen LogP contribution in [0.25, 0.3) is 0 Å². The number of methoxy groups -OCH3 is 1. The summed E-state index contributed by atoms with van der Waals surface area (Å²) < 4.78 is 5.33. The van der Waals surface area contributed by atoms with Gasteiger partial charge in [-0.05, 0) is 37.6 Å². The molecule has 0 bridgehead atoms. The van der Waals surface area contributed by atoms with Gasteiger partial charge in [0.25, 0.3) is 0 Å². The zero-order valence-electron chi connectivity index (χ0n) is 10.5. The quantitative estimate of drug-likeness (QED) is 0.767. The minimum atomic E-state index is 0.0955. The molecule has 4 unspecified atom stereocenters. The topological polar surface area (TPSA) is 41.6 Å². The van der Waals surface area contributed by atoms with E-state index < -0.39 is 0 Å². The maximum absolute atomic E-state index is 12.5. The predicted octanol–water partition coefficient (Wildman–Crippen LogP) is 0.622. The van der Waals surface area contributed by atoms with Crippen molar-refractivity contribution >= 4 is 5.91 Å². The van der Waals surface area contributed by atoms with Crippen molar-refractivity contribution in [3.05, 3.63) is 0 Å². The van der Waals surface area contributed by atoms with E-state index in [9.17, 15) is 4.79 Å². The van der Waals surface area contributed by atoms with E-state index in [4.69, 9.17) is 4.74 Å². The molecule has 96 valence electrons. The summed E-state index contributed by atoms with van der Waals surface area (Å²) in [5, 5.41) is 3.44. The van der Waals surface area contributed by atoms with E-state index >= 15 is 0 Å². The van der Waals surface area contributed by atoms with Crippen molar-refractivity contribution in [2.45, 2.75) is 37.8 Å². The Morgan fingerprint density at radius 3 is 3.00 bits per heavy atom. The van der Waals surface area contributed by atoms with Gasteiger partial charge in [-0.2, -0.15) is 0 Å². The van der Waals surface area contributed by atoms with Crippen molar-refractivity contribution in [1.82, 2.24) is 10.2 Å². The highest BCUT2D eigenvalue weighted by atomic mass is 16.5. The normalized spacial score (nSPS) is 40.9. The minimum Gasteiger partial charge on any atom is -0.380 e. The van der Waals surface area contributed by atoms with Crippen LogP contribution in [0.4, 0.5) is 0 Å². The number of fused-ring (bicyclic) bond motifs is 1. The summed E-state index contributed by atoms with van der Waals surface area (Å²) in [4.78, 5) is 14.5.